The molecular formula is C11H13NO-. The van der Waals surface area contributed by atoms with Gasteiger partial charge < -0.3 is 10.0 Å². The average molecular weight is 175 g/mol. The van der Waals surface area contributed by atoms with Gasteiger partial charge in [0.2, 0.25) is 0 Å². The molecule has 1 rings (SSSR count). The molecule has 0 spiro atoms. The van der Waals surface area contributed by atoms with E-state index in [-0.39, 0.29) is 5.88 Å². The van der Waals surface area contributed by atoms with Crippen molar-refractivity contribution in [2.24, 2.45) is 0 Å². The Morgan fingerprint density at radius 2 is 1.85 bits per heavy atom. The van der Waals surface area contributed by atoms with Crippen molar-refractivity contribution in [3.8, 4) is 0 Å². The maximum absolute atomic E-state index is 11.2. The van der Waals surface area contributed by atoms with Crippen LogP contribution in [-0.4, -0.2) is 19.0 Å². The maximum atomic E-state index is 11.2. The third-order valence-corrected chi connectivity index (χ3v) is 1.66. The molecule has 0 amide bonds. The topological polar surface area (TPSA) is 26.3 Å². The molecule has 2 heteroatoms. The van der Waals surface area contributed by atoms with Gasteiger partial charge in [-0.05, 0) is 11.4 Å². The van der Waals surface area contributed by atoms with Crippen LogP contribution < -0.4 is 5.11 Å². The molecule has 0 heterocycles. The Kier molecular flexibility index (Phi) is 3.38. The zero-order valence-corrected chi connectivity index (χ0v) is 7.90. The summed E-state index contributed by atoms with van der Waals surface area (Å²) < 4.78 is 0. The summed E-state index contributed by atoms with van der Waals surface area (Å²) in [5.41, 5.74) is 1.04. The minimum absolute atomic E-state index is 0.00357. The second-order valence-electron chi connectivity index (χ2n) is 2.98. The zero-order valence-electron chi connectivity index (χ0n) is 7.90. The van der Waals surface area contributed by atoms with E-state index < -0.39 is 0 Å². The fourth-order valence-electron chi connectivity index (χ4n) is 0.881. The van der Waals surface area contributed by atoms with Crippen molar-refractivity contribution in [2.45, 2.75) is 0 Å². The molecule has 1 aromatic rings. The van der Waals surface area contributed by atoms with Gasteiger partial charge in [-0.15, -0.1) is 0 Å². The lowest BCUT2D eigenvalue weighted by Crippen LogP contribution is -2.21. The van der Waals surface area contributed by atoms with Crippen LogP contribution >= 0.6 is 0 Å². The van der Waals surface area contributed by atoms with Gasteiger partial charge in [0.25, 0.3) is 0 Å². The highest BCUT2D eigenvalue weighted by Crippen LogP contribution is 2.03. The highest BCUT2D eigenvalue weighted by Gasteiger charge is 1.88. The van der Waals surface area contributed by atoms with E-state index in [0.29, 0.717) is 0 Å². The van der Waals surface area contributed by atoms with Gasteiger partial charge >= 0.3 is 0 Å². The smallest absolute Gasteiger partial charge is 0.0133 e. The van der Waals surface area contributed by atoms with E-state index in [1.54, 1.807) is 25.1 Å². The molecule has 2 nitrogen and oxygen atoms in total. The summed E-state index contributed by atoms with van der Waals surface area (Å²) in [6, 6.07) is 9.75. The number of allylic oxidation sites excluding steroid dienone is 1. The third kappa shape index (κ3) is 3.20. The maximum Gasteiger partial charge on any atom is 0.0133 e. The van der Waals surface area contributed by atoms with Crippen LogP contribution in [0.2, 0.25) is 0 Å². The van der Waals surface area contributed by atoms with Crippen molar-refractivity contribution in [3.05, 3.63) is 54.3 Å². The summed E-state index contributed by atoms with van der Waals surface area (Å²) in [5.74, 6) is 0.00357. The Bertz CT molecular complexity index is 277. The predicted molar refractivity (Wildman–Crippen MR) is 51.6 cm³/mol. The second kappa shape index (κ2) is 4.55. The van der Waals surface area contributed by atoms with Gasteiger partial charge in [-0.1, -0.05) is 36.4 Å². The van der Waals surface area contributed by atoms with Crippen LogP contribution in [0.3, 0.4) is 0 Å². The van der Waals surface area contributed by atoms with E-state index >= 15 is 0 Å². The molecule has 0 saturated heterocycles. The molecule has 0 atom stereocenters. The van der Waals surface area contributed by atoms with E-state index in [9.17, 15) is 5.11 Å². The van der Waals surface area contributed by atoms with Gasteiger partial charge in [-0.3, -0.25) is 0 Å². The van der Waals surface area contributed by atoms with Crippen molar-refractivity contribution in [1.29, 1.82) is 0 Å². The number of benzene rings is 1. The van der Waals surface area contributed by atoms with Crippen molar-refractivity contribution in [3.63, 3.8) is 0 Å². The molecule has 0 bridgehead atoms. The molecule has 0 aliphatic rings. The SMILES string of the molecule is CN(C)/C([O-])=C/[CH]c1ccccc1. The standard InChI is InChI=1S/C11H14NO/c1-12(2)11(13)9-8-10-6-4-3-5-7-10/h3-9,13H,1-2H3/p-1/b11-9-. The van der Waals surface area contributed by atoms with Crippen molar-refractivity contribution in [2.75, 3.05) is 14.1 Å². The Balaban J connectivity index is 2.57. The molecule has 1 aromatic carbocycles. The second-order valence-corrected chi connectivity index (χ2v) is 2.98. The van der Waals surface area contributed by atoms with E-state index in [4.69, 9.17) is 0 Å². The zero-order chi connectivity index (χ0) is 9.68. The number of rotatable bonds is 3. The highest BCUT2D eigenvalue weighted by atomic mass is 16.3. The van der Waals surface area contributed by atoms with Crippen LogP contribution in [-0.2, 0) is 0 Å². The van der Waals surface area contributed by atoms with E-state index in [1.807, 2.05) is 36.8 Å². The lowest BCUT2D eigenvalue weighted by molar-refractivity contribution is -0.328. The Morgan fingerprint density at radius 1 is 1.23 bits per heavy atom. The first-order chi connectivity index (χ1) is 6.20. The molecule has 0 aromatic heterocycles. The van der Waals surface area contributed by atoms with Crippen LogP contribution in [0.4, 0.5) is 0 Å². The monoisotopic (exact) mass is 175 g/mol. The number of nitrogens with zero attached hydrogens (tertiary/aromatic N) is 1. The number of hydrogen-bond acceptors (Lipinski definition) is 2. The summed E-state index contributed by atoms with van der Waals surface area (Å²) in [7, 11) is 3.47. The Labute approximate surface area is 79.1 Å². The molecule has 0 N–H and O–H groups in total. The van der Waals surface area contributed by atoms with E-state index in [2.05, 4.69) is 0 Å². The quantitative estimate of drug-likeness (QED) is 0.641. The highest BCUT2D eigenvalue weighted by molar-refractivity contribution is 5.27. The predicted octanol–water partition coefficient (Wildman–Crippen LogP) is 1.00. The van der Waals surface area contributed by atoms with Gasteiger partial charge in [-0.25, -0.2) is 0 Å². The van der Waals surface area contributed by atoms with Crippen molar-refractivity contribution >= 4 is 0 Å². The van der Waals surface area contributed by atoms with Crippen molar-refractivity contribution in [1.82, 2.24) is 4.90 Å². The molecule has 1 radical (unpaired) electrons. The first kappa shape index (κ1) is 9.65. The molecule has 0 unspecified atom stereocenters. The number of hydrogen-bond donors (Lipinski definition) is 0. The molecule has 0 aliphatic heterocycles. The van der Waals surface area contributed by atoms with Crippen LogP contribution in [0, 0.1) is 6.42 Å². The molecule has 13 heavy (non-hydrogen) atoms. The van der Waals surface area contributed by atoms with Crippen LogP contribution in [0.1, 0.15) is 5.56 Å². The lowest BCUT2D eigenvalue weighted by Gasteiger charge is -2.21. The summed E-state index contributed by atoms with van der Waals surface area (Å²) >= 11 is 0. The first-order valence-electron chi connectivity index (χ1n) is 4.14. The lowest BCUT2D eigenvalue weighted by atomic mass is 10.1. The van der Waals surface area contributed by atoms with Gasteiger partial charge in [-0.2, -0.15) is 0 Å². The van der Waals surface area contributed by atoms with Crippen LogP contribution in [0.5, 0.6) is 0 Å². The van der Waals surface area contributed by atoms with E-state index in [1.165, 1.54) is 0 Å². The first-order valence-corrected chi connectivity index (χ1v) is 4.14. The Morgan fingerprint density at radius 3 is 2.38 bits per heavy atom. The van der Waals surface area contributed by atoms with Crippen LogP contribution in [0.15, 0.2) is 42.3 Å². The summed E-state index contributed by atoms with van der Waals surface area (Å²) in [4.78, 5) is 1.54. The molecule has 0 aliphatic carbocycles. The molecule has 69 valence electrons. The van der Waals surface area contributed by atoms with E-state index in [0.717, 1.165) is 5.56 Å². The molecule has 0 saturated carbocycles. The van der Waals surface area contributed by atoms with Gasteiger partial charge in [0, 0.05) is 20.5 Å². The molecular weight excluding hydrogens is 162 g/mol. The largest absolute Gasteiger partial charge is 0.861 e. The minimum atomic E-state index is 0.00357. The normalized spacial score (nSPS) is 11.4. The van der Waals surface area contributed by atoms with Gasteiger partial charge in [0.1, 0.15) is 0 Å². The summed E-state index contributed by atoms with van der Waals surface area (Å²) in [6.07, 6.45) is 3.37. The third-order valence-electron chi connectivity index (χ3n) is 1.66. The van der Waals surface area contributed by atoms with Gasteiger partial charge in [0.05, 0.1) is 0 Å². The van der Waals surface area contributed by atoms with Crippen molar-refractivity contribution < 1.29 is 5.11 Å². The van der Waals surface area contributed by atoms with Crippen LogP contribution in [0.25, 0.3) is 0 Å². The van der Waals surface area contributed by atoms with Gasteiger partial charge in [0.15, 0.2) is 0 Å². The fourth-order valence-corrected chi connectivity index (χ4v) is 0.881. The summed E-state index contributed by atoms with van der Waals surface area (Å²) in [6.45, 7) is 0. The summed E-state index contributed by atoms with van der Waals surface area (Å²) in [5, 5.41) is 11.2. The Hall–Kier alpha value is -1.44. The fraction of sp³-hybridized carbons (Fsp3) is 0.182. The minimum Gasteiger partial charge on any atom is -0.861 e. The average Bonchev–Trinajstić information content (AvgIpc) is 2.15. The molecule has 0 fully saturated rings.